The first-order valence-corrected chi connectivity index (χ1v) is 7.67. The summed E-state index contributed by atoms with van der Waals surface area (Å²) in [5.74, 6) is -1.17. The lowest BCUT2D eigenvalue weighted by atomic mass is 9.77. The predicted molar refractivity (Wildman–Crippen MR) is 83.4 cm³/mol. The summed E-state index contributed by atoms with van der Waals surface area (Å²) in [7, 11) is 0. The lowest BCUT2D eigenvalue weighted by Gasteiger charge is -2.44. The first-order valence-electron chi connectivity index (χ1n) is 7.29. The van der Waals surface area contributed by atoms with Gasteiger partial charge in [-0.15, -0.1) is 0 Å². The van der Waals surface area contributed by atoms with Crippen molar-refractivity contribution in [3.8, 4) is 0 Å². The lowest BCUT2D eigenvalue weighted by molar-refractivity contribution is -0.134. The third kappa shape index (κ3) is 5.30. The molecule has 1 aromatic rings. The zero-order valence-electron chi connectivity index (χ0n) is 12.4. The molecule has 0 amide bonds. The fourth-order valence-corrected chi connectivity index (χ4v) is 3.13. The minimum absolute atomic E-state index is 0.518. The van der Waals surface area contributed by atoms with Crippen LogP contribution in [-0.4, -0.2) is 56.7 Å². The van der Waals surface area contributed by atoms with E-state index in [9.17, 15) is 9.59 Å². The average Bonchev–Trinajstić information content (AvgIpc) is 2.54. The van der Waals surface area contributed by atoms with E-state index >= 15 is 0 Å². The second-order valence-corrected chi connectivity index (χ2v) is 5.91. The molecule has 0 radical (unpaired) electrons. The number of aliphatic carboxylic acids is 2. The summed E-state index contributed by atoms with van der Waals surface area (Å²) in [5, 5.41) is 16.1. The number of hydrogen-bond acceptors (Lipinski definition) is 5. The Labute approximate surface area is 138 Å². The zero-order chi connectivity index (χ0) is 16.8. The van der Waals surface area contributed by atoms with Crippen molar-refractivity contribution in [2.45, 2.75) is 18.8 Å². The number of hydrogen-bond donors (Lipinski definition) is 2. The van der Waals surface area contributed by atoms with Crippen LogP contribution < -0.4 is 0 Å². The second kappa shape index (κ2) is 8.03. The Morgan fingerprint density at radius 2 is 1.78 bits per heavy atom. The largest absolute Gasteiger partial charge is 0.478 e. The molecule has 0 saturated carbocycles. The number of carboxylic acids is 2. The highest BCUT2D eigenvalue weighted by atomic mass is 35.5. The van der Waals surface area contributed by atoms with E-state index in [2.05, 4.69) is 14.9 Å². The highest BCUT2D eigenvalue weighted by molar-refractivity contribution is 6.29. The van der Waals surface area contributed by atoms with Gasteiger partial charge in [0.25, 0.3) is 0 Å². The van der Waals surface area contributed by atoms with Crippen molar-refractivity contribution in [1.82, 2.24) is 14.9 Å². The van der Waals surface area contributed by atoms with Crippen LogP contribution in [0.2, 0.25) is 5.15 Å². The molecule has 0 aliphatic carbocycles. The summed E-state index contributed by atoms with van der Waals surface area (Å²) in [6.07, 6.45) is 7.20. The Kier molecular flexibility index (Phi) is 6.06. The van der Waals surface area contributed by atoms with Crippen molar-refractivity contribution in [2.75, 3.05) is 19.6 Å². The van der Waals surface area contributed by atoms with E-state index in [1.54, 1.807) is 6.20 Å². The molecule has 23 heavy (non-hydrogen) atoms. The van der Waals surface area contributed by atoms with Crippen LogP contribution in [0, 0.1) is 5.92 Å². The van der Waals surface area contributed by atoms with Crippen LogP contribution in [0.25, 0.3) is 0 Å². The molecular formula is C15H18ClN3O4. The van der Waals surface area contributed by atoms with Crippen LogP contribution >= 0.6 is 11.6 Å². The lowest BCUT2D eigenvalue weighted by Crippen LogP contribution is -2.46. The number of halogens is 1. The maximum atomic E-state index is 9.55. The zero-order valence-corrected chi connectivity index (χ0v) is 13.2. The third-order valence-corrected chi connectivity index (χ3v) is 4.21. The summed E-state index contributed by atoms with van der Waals surface area (Å²) in [6.45, 7) is 3.66. The van der Waals surface area contributed by atoms with E-state index in [0.29, 0.717) is 23.2 Å². The molecule has 3 aliphatic heterocycles. The molecule has 3 saturated heterocycles. The van der Waals surface area contributed by atoms with Crippen LogP contribution in [0.5, 0.6) is 0 Å². The van der Waals surface area contributed by atoms with Crippen LogP contribution in [0.15, 0.2) is 24.5 Å². The fourth-order valence-electron chi connectivity index (χ4n) is 2.98. The molecule has 4 heterocycles. The smallest absolute Gasteiger partial charge is 0.328 e. The number of rotatable bonds is 3. The van der Waals surface area contributed by atoms with Gasteiger partial charge in [-0.1, -0.05) is 11.6 Å². The molecule has 2 N–H and O–H groups in total. The summed E-state index contributed by atoms with van der Waals surface area (Å²) in [6, 6.07) is 0. The van der Waals surface area contributed by atoms with Crippen LogP contribution in [0.3, 0.4) is 0 Å². The predicted octanol–water partition coefficient (Wildman–Crippen LogP) is 1.65. The van der Waals surface area contributed by atoms with Crippen molar-refractivity contribution < 1.29 is 19.8 Å². The van der Waals surface area contributed by atoms with Gasteiger partial charge in [0.1, 0.15) is 5.15 Å². The van der Waals surface area contributed by atoms with E-state index in [0.717, 1.165) is 18.2 Å². The van der Waals surface area contributed by atoms with Crippen LogP contribution in [0.1, 0.15) is 24.5 Å². The second-order valence-electron chi connectivity index (χ2n) is 5.52. The normalized spacial score (nSPS) is 25.7. The quantitative estimate of drug-likeness (QED) is 0.807. The van der Waals surface area contributed by atoms with Gasteiger partial charge >= 0.3 is 11.9 Å². The highest BCUT2D eigenvalue weighted by Crippen LogP contribution is 2.38. The van der Waals surface area contributed by atoms with Gasteiger partial charge in [0.15, 0.2) is 0 Å². The number of carbonyl (C=O) groups is 2. The van der Waals surface area contributed by atoms with Gasteiger partial charge in [-0.05, 0) is 31.8 Å². The highest BCUT2D eigenvalue weighted by Gasteiger charge is 2.35. The molecule has 3 fully saturated rings. The van der Waals surface area contributed by atoms with Crippen molar-refractivity contribution in [3.63, 3.8) is 0 Å². The van der Waals surface area contributed by atoms with E-state index in [1.807, 2.05) is 6.20 Å². The monoisotopic (exact) mass is 339 g/mol. The number of fused-ring (bicyclic) bond motifs is 3. The third-order valence-electron chi connectivity index (χ3n) is 4.03. The Hall–Kier alpha value is -1.99. The molecule has 0 unspecified atom stereocenters. The first kappa shape index (κ1) is 17.4. The van der Waals surface area contributed by atoms with Crippen molar-refractivity contribution in [1.29, 1.82) is 0 Å². The standard InChI is InChI=1S/C11H14ClN3.C4H4O4/c12-11-6-13-5-10(14-11)9-7-15-3-1-8(9)2-4-15;5-3(6)1-2-4(7)8/h5-6,8-9H,1-4,7H2;1-2H,(H,5,6)(H,7,8)/b;2-1-/t9-;/m0./s1. The summed E-state index contributed by atoms with van der Waals surface area (Å²) in [5.41, 5.74) is 1.08. The molecule has 8 heteroatoms. The van der Waals surface area contributed by atoms with Crippen molar-refractivity contribution in [3.05, 3.63) is 35.4 Å². The number of carboxylic acid groups (broad SMARTS) is 2. The van der Waals surface area contributed by atoms with E-state index in [1.165, 1.54) is 25.9 Å². The summed E-state index contributed by atoms with van der Waals surface area (Å²) < 4.78 is 0. The van der Waals surface area contributed by atoms with Crippen LogP contribution in [0.4, 0.5) is 0 Å². The van der Waals surface area contributed by atoms with Crippen molar-refractivity contribution in [2.24, 2.45) is 5.92 Å². The molecule has 1 atom stereocenters. The van der Waals surface area contributed by atoms with Gasteiger partial charge < -0.3 is 15.1 Å². The Morgan fingerprint density at radius 1 is 1.17 bits per heavy atom. The molecule has 0 spiro atoms. The molecule has 0 aromatic carbocycles. The van der Waals surface area contributed by atoms with Crippen LogP contribution in [-0.2, 0) is 9.59 Å². The summed E-state index contributed by atoms with van der Waals surface area (Å²) >= 11 is 5.88. The Morgan fingerprint density at radius 3 is 2.22 bits per heavy atom. The number of aromatic nitrogens is 2. The molecule has 1 aromatic heterocycles. The molecule has 3 aliphatic rings. The van der Waals surface area contributed by atoms with E-state index in [4.69, 9.17) is 21.8 Å². The number of piperidine rings is 3. The topological polar surface area (TPSA) is 104 Å². The first-order chi connectivity index (χ1) is 11.0. The van der Waals surface area contributed by atoms with Gasteiger partial charge in [0, 0.05) is 30.8 Å². The minimum Gasteiger partial charge on any atom is -0.478 e. The van der Waals surface area contributed by atoms with E-state index < -0.39 is 11.9 Å². The molecule has 4 rings (SSSR count). The summed E-state index contributed by atoms with van der Waals surface area (Å²) in [4.78, 5) is 30.2. The van der Waals surface area contributed by atoms with Gasteiger partial charge in [-0.25, -0.2) is 14.6 Å². The minimum atomic E-state index is -1.26. The van der Waals surface area contributed by atoms with E-state index in [-0.39, 0.29) is 0 Å². The van der Waals surface area contributed by atoms with Gasteiger partial charge in [0.05, 0.1) is 11.9 Å². The van der Waals surface area contributed by atoms with Gasteiger partial charge in [-0.2, -0.15) is 0 Å². The molecule has 2 bridgehead atoms. The fraction of sp³-hybridized carbons (Fsp3) is 0.467. The van der Waals surface area contributed by atoms with Crippen molar-refractivity contribution >= 4 is 23.5 Å². The Balaban J connectivity index is 0.000000207. The SMILES string of the molecule is Clc1cncc([C@H]2CN3CCC2CC3)n1.O=C(O)/C=C\C(=O)O. The molecular weight excluding hydrogens is 322 g/mol. The average molecular weight is 340 g/mol. The van der Waals surface area contributed by atoms with Gasteiger partial charge in [0.2, 0.25) is 0 Å². The molecule has 7 nitrogen and oxygen atoms in total. The maximum absolute atomic E-state index is 9.55. The Bertz CT molecular complexity index is 584. The van der Waals surface area contributed by atoms with Gasteiger partial charge in [-0.3, -0.25) is 4.98 Å². The maximum Gasteiger partial charge on any atom is 0.328 e. The number of nitrogens with zero attached hydrogens (tertiary/aromatic N) is 3. The molecule has 124 valence electrons.